The van der Waals surface area contributed by atoms with E-state index in [1.165, 1.54) is 0 Å². The third-order valence-corrected chi connectivity index (χ3v) is 4.40. The first-order valence-electron chi connectivity index (χ1n) is 8.00. The van der Waals surface area contributed by atoms with Crippen LogP contribution in [0, 0.1) is 0 Å². The topological polar surface area (TPSA) is 48.1 Å². The van der Waals surface area contributed by atoms with Gasteiger partial charge in [-0.25, -0.2) is 4.79 Å². The highest BCUT2D eigenvalue weighted by Crippen LogP contribution is 2.27. The zero-order valence-corrected chi connectivity index (χ0v) is 14.7. The van der Waals surface area contributed by atoms with Gasteiger partial charge in [0.2, 0.25) is 0 Å². The second kappa shape index (κ2) is 9.36. The maximum Gasteiger partial charge on any atom is 0.337 e. The predicted octanol–water partition coefficient (Wildman–Crippen LogP) is 4.65. The van der Waals surface area contributed by atoms with Gasteiger partial charge in [0.05, 0.1) is 29.4 Å². The highest BCUT2D eigenvalue weighted by atomic mass is 35.5. The fraction of sp³-hybridized carbons (Fsp3) is 0.588. The first-order chi connectivity index (χ1) is 11.1. The van der Waals surface area contributed by atoms with Crippen LogP contribution in [0.1, 0.15) is 39.0 Å². The van der Waals surface area contributed by atoms with E-state index >= 15 is 0 Å². The van der Waals surface area contributed by atoms with Crippen LogP contribution < -0.4 is 4.74 Å². The molecule has 0 bridgehead atoms. The van der Waals surface area contributed by atoms with Crippen LogP contribution in [0.4, 0.5) is 0 Å². The molecule has 23 heavy (non-hydrogen) atoms. The van der Waals surface area contributed by atoms with Crippen LogP contribution in [0.3, 0.4) is 0 Å². The summed E-state index contributed by atoms with van der Waals surface area (Å²) in [5.74, 6) is 0.504. The summed E-state index contributed by atoms with van der Waals surface area (Å²) in [7, 11) is 0. The number of benzene rings is 1. The molecular formula is C17H22Cl2O4. The molecular weight excluding hydrogens is 339 g/mol. The lowest BCUT2D eigenvalue weighted by atomic mass is 10.1. The van der Waals surface area contributed by atoms with Crippen molar-refractivity contribution in [2.75, 3.05) is 13.2 Å². The van der Waals surface area contributed by atoms with Gasteiger partial charge in [0, 0.05) is 6.07 Å². The molecule has 4 nitrogen and oxygen atoms in total. The number of rotatable bonds is 10. The van der Waals surface area contributed by atoms with Crippen molar-refractivity contribution in [1.29, 1.82) is 0 Å². The Kier molecular flexibility index (Phi) is 7.47. The van der Waals surface area contributed by atoms with Gasteiger partial charge in [-0.05, 0) is 44.2 Å². The summed E-state index contributed by atoms with van der Waals surface area (Å²) in [4.78, 5) is 11.3. The number of unbranched alkanes of at least 4 members (excludes halogenated alkanes) is 2. The van der Waals surface area contributed by atoms with E-state index in [9.17, 15) is 4.79 Å². The summed E-state index contributed by atoms with van der Waals surface area (Å²) in [6, 6.07) is 5.31. The second-order valence-electron chi connectivity index (χ2n) is 5.56. The van der Waals surface area contributed by atoms with E-state index in [2.05, 4.69) is 6.92 Å². The Balaban J connectivity index is 1.60. The highest BCUT2D eigenvalue weighted by molar-refractivity contribution is 6.42. The molecule has 1 fully saturated rings. The number of epoxide rings is 1. The van der Waals surface area contributed by atoms with Crippen molar-refractivity contribution < 1.29 is 19.0 Å². The van der Waals surface area contributed by atoms with Gasteiger partial charge in [-0.15, -0.1) is 0 Å². The Morgan fingerprint density at radius 2 is 2.09 bits per heavy atom. The van der Waals surface area contributed by atoms with E-state index < -0.39 is 0 Å². The monoisotopic (exact) mass is 360 g/mol. The molecule has 0 amide bonds. The van der Waals surface area contributed by atoms with Crippen molar-refractivity contribution >= 4 is 29.2 Å². The molecule has 0 saturated carbocycles. The average Bonchev–Trinajstić information content (AvgIpc) is 3.37. The molecule has 0 radical (unpaired) electrons. The molecule has 0 aromatic heterocycles. The lowest BCUT2D eigenvalue weighted by Crippen LogP contribution is -2.15. The van der Waals surface area contributed by atoms with Crippen molar-refractivity contribution in [1.82, 2.24) is 0 Å². The number of hydrogen-bond donors (Lipinski definition) is 0. The van der Waals surface area contributed by atoms with Crippen molar-refractivity contribution in [2.45, 2.75) is 51.2 Å². The van der Waals surface area contributed by atoms with Gasteiger partial charge in [-0.3, -0.25) is 0 Å². The van der Waals surface area contributed by atoms with Gasteiger partial charge < -0.3 is 14.2 Å². The van der Waals surface area contributed by atoms with Gasteiger partial charge in [0.25, 0.3) is 0 Å². The number of halogens is 2. The minimum absolute atomic E-state index is 0.148. The highest BCUT2D eigenvalue weighted by Gasteiger charge is 2.32. The predicted molar refractivity (Wildman–Crippen MR) is 90.3 cm³/mol. The SMILES string of the molecule is CCC(CCCCCOC(=O)C1CO1)Oc1ccc(Cl)c(Cl)c1. The van der Waals surface area contributed by atoms with Gasteiger partial charge in [-0.2, -0.15) is 0 Å². The first-order valence-corrected chi connectivity index (χ1v) is 8.75. The molecule has 2 rings (SSSR count). The number of ether oxygens (including phenoxy) is 3. The second-order valence-corrected chi connectivity index (χ2v) is 6.38. The van der Waals surface area contributed by atoms with Crippen molar-refractivity contribution in [3.63, 3.8) is 0 Å². The van der Waals surface area contributed by atoms with Crippen LogP contribution in [-0.2, 0) is 14.3 Å². The Morgan fingerprint density at radius 1 is 1.30 bits per heavy atom. The lowest BCUT2D eigenvalue weighted by molar-refractivity contribution is -0.145. The van der Waals surface area contributed by atoms with Gasteiger partial charge in [-0.1, -0.05) is 30.1 Å². The molecule has 1 aliphatic heterocycles. The molecule has 128 valence electrons. The van der Waals surface area contributed by atoms with E-state index in [1.54, 1.807) is 12.1 Å². The normalized spacial score (nSPS) is 17.6. The van der Waals surface area contributed by atoms with E-state index in [0.717, 1.165) is 37.9 Å². The molecule has 1 aromatic carbocycles. The average molecular weight is 361 g/mol. The Hall–Kier alpha value is -0.970. The molecule has 2 unspecified atom stereocenters. The van der Waals surface area contributed by atoms with E-state index in [1.807, 2.05) is 6.07 Å². The fourth-order valence-electron chi connectivity index (χ4n) is 2.19. The summed E-state index contributed by atoms with van der Waals surface area (Å²) >= 11 is 11.9. The summed E-state index contributed by atoms with van der Waals surface area (Å²) in [5.41, 5.74) is 0. The van der Waals surface area contributed by atoms with E-state index in [-0.39, 0.29) is 18.2 Å². The lowest BCUT2D eigenvalue weighted by Gasteiger charge is -2.18. The molecule has 6 heteroatoms. The summed E-state index contributed by atoms with van der Waals surface area (Å²) in [6.07, 6.45) is 4.61. The molecule has 0 N–H and O–H groups in total. The summed E-state index contributed by atoms with van der Waals surface area (Å²) < 4.78 is 15.9. The number of hydrogen-bond acceptors (Lipinski definition) is 4. The van der Waals surface area contributed by atoms with Gasteiger partial charge in [0.1, 0.15) is 5.75 Å². The van der Waals surface area contributed by atoms with Crippen LogP contribution in [0.25, 0.3) is 0 Å². The van der Waals surface area contributed by atoms with Crippen LogP contribution >= 0.6 is 23.2 Å². The largest absolute Gasteiger partial charge is 0.490 e. The molecule has 1 heterocycles. The van der Waals surface area contributed by atoms with Crippen molar-refractivity contribution in [3.05, 3.63) is 28.2 Å². The number of carbonyl (C=O) groups is 1. The number of esters is 1. The summed E-state index contributed by atoms with van der Waals surface area (Å²) in [5, 5.41) is 1.03. The van der Waals surface area contributed by atoms with Gasteiger partial charge in [0.15, 0.2) is 6.10 Å². The van der Waals surface area contributed by atoms with Crippen LogP contribution in [0.5, 0.6) is 5.75 Å². The quantitative estimate of drug-likeness (QED) is 0.346. The Labute approximate surface area is 147 Å². The maximum atomic E-state index is 11.3. The minimum Gasteiger partial charge on any atom is -0.490 e. The van der Waals surface area contributed by atoms with E-state index in [4.69, 9.17) is 37.4 Å². The fourth-order valence-corrected chi connectivity index (χ4v) is 2.48. The van der Waals surface area contributed by atoms with E-state index in [0.29, 0.717) is 23.3 Å². The Morgan fingerprint density at radius 3 is 2.74 bits per heavy atom. The zero-order valence-electron chi connectivity index (χ0n) is 13.2. The molecule has 1 saturated heterocycles. The third-order valence-electron chi connectivity index (χ3n) is 3.66. The summed E-state index contributed by atoms with van der Waals surface area (Å²) in [6.45, 7) is 3.06. The molecule has 2 atom stereocenters. The zero-order chi connectivity index (χ0) is 16.7. The van der Waals surface area contributed by atoms with Crippen LogP contribution in [-0.4, -0.2) is 31.4 Å². The van der Waals surface area contributed by atoms with Crippen LogP contribution in [0.2, 0.25) is 10.0 Å². The molecule has 0 aliphatic carbocycles. The standard InChI is InChI=1S/C17H22Cl2O4/c1-2-12(23-13-7-8-14(18)15(19)10-13)6-4-3-5-9-21-17(20)16-11-22-16/h7-8,10,12,16H,2-6,9,11H2,1H3. The van der Waals surface area contributed by atoms with Crippen molar-refractivity contribution in [3.8, 4) is 5.75 Å². The smallest absolute Gasteiger partial charge is 0.337 e. The Bertz CT molecular complexity index is 517. The molecule has 1 aliphatic rings. The van der Waals surface area contributed by atoms with Crippen molar-refractivity contribution in [2.24, 2.45) is 0 Å². The maximum absolute atomic E-state index is 11.3. The third kappa shape index (κ3) is 6.58. The first kappa shape index (κ1) is 18.4. The molecule has 0 spiro atoms. The van der Waals surface area contributed by atoms with Crippen LogP contribution in [0.15, 0.2) is 18.2 Å². The minimum atomic E-state index is -0.306. The van der Waals surface area contributed by atoms with Gasteiger partial charge >= 0.3 is 5.97 Å². The number of carbonyl (C=O) groups excluding carboxylic acids is 1. The molecule has 1 aromatic rings.